The number of pyridine rings is 1. The van der Waals surface area contributed by atoms with E-state index < -0.39 is 0 Å². The first-order valence-corrected chi connectivity index (χ1v) is 6.28. The lowest BCUT2D eigenvalue weighted by molar-refractivity contribution is 0.102. The molecule has 0 saturated heterocycles. The maximum atomic E-state index is 11.8. The summed E-state index contributed by atoms with van der Waals surface area (Å²) < 4.78 is 0.922. The quantitative estimate of drug-likeness (QED) is 0.927. The highest BCUT2D eigenvalue weighted by Gasteiger charge is 2.08. The summed E-state index contributed by atoms with van der Waals surface area (Å²) in [7, 11) is 0. The van der Waals surface area contributed by atoms with Crippen molar-refractivity contribution in [2.45, 2.75) is 0 Å². The number of nitrogens with one attached hydrogen (secondary N) is 1. The van der Waals surface area contributed by atoms with Crippen molar-refractivity contribution in [3.63, 3.8) is 0 Å². The Balaban J connectivity index is 2.17. The molecule has 0 saturated carbocycles. The average molecular weight is 308 g/mol. The van der Waals surface area contributed by atoms with Gasteiger partial charge in [0.15, 0.2) is 0 Å². The average Bonchev–Trinajstić information content (AvgIpc) is 2.75. The van der Waals surface area contributed by atoms with Crippen LogP contribution in [0.4, 0.5) is 5.00 Å². The van der Waals surface area contributed by atoms with Gasteiger partial charge in [-0.3, -0.25) is 4.79 Å². The molecule has 0 bridgehead atoms. The molecule has 6 heteroatoms. The number of hydrogen-bond acceptors (Lipinski definition) is 4. The van der Waals surface area contributed by atoms with Crippen LogP contribution in [0.2, 0.25) is 0 Å². The van der Waals surface area contributed by atoms with Gasteiger partial charge in [0, 0.05) is 21.6 Å². The summed E-state index contributed by atoms with van der Waals surface area (Å²) in [4.78, 5) is 15.6. The molecule has 0 aromatic carbocycles. The predicted octanol–water partition coefficient (Wildman–Crippen LogP) is 3.03. The van der Waals surface area contributed by atoms with Crippen molar-refractivity contribution in [3.8, 4) is 6.07 Å². The van der Waals surface area contributed by atoms with E-state index in [-0.39, 0.29) is 11.6 Å². The fraction of sp³-hybridized carbons (Fsp3) is 0. The van der Waals surface area contributed by atoms with Crippen LogP contribution in [-0.2, 0) is 0 Å². The van der Waals surface area contributed by atoms with Crippen LogP contribution >= 0.6 is 27.3 Å². The van der Waals surface area contributed by atoms with Crippen LogP contribution < -0.4 is 5.32 Å². The van der Waals surface area contributed by atoms with Crippen molar-refractivity contribution in [1.29, 1.82) is 5.26 Å². The highest BCUT2D eigenvalue weighted by molar-refractivity contribution is 9.10. The fourth-order valence-electron chi connectivity index (χ4n) is 1.20. The molecule has 0 aliphatic carbocycles. The van der Waals surface area contributed by atoms with E-state index in [0.717, 1.165) is 9.47 Å². The molecule has 0 fully saturated rings. The van der Waals surface area contributed by atoms with Gasteiger partial charge < -0.3 is 5.32 Å². The molecule has 84 valence electrons. The smallest absolute Gasteiger partial charge is 0.256 e. The molecule has 0 atom stereocenters. The van der Waals surface area contributed by atoms with E-state index in [1.54, 1.807) is 6.07 Å². The summed E-state index contributed by atoms with van der Waals surface area (Å²) in [5, 5.41) is 14.1. The third-order valence-electron chi connectivity index (χ3n) is 1.94. The molecular weight excluding hydrogens is 302 g/mol. The normalized spacial score (nSPS) is 9.65. The lowest BCUT2D eigenvalue weighted by atomic mass is 10.2. The first-order chi connectivity index (χ1) is 8.19. The zero-order chi connectivity index (χ0) is 12.3. The first kappa shape index (κ1) is 11.8. The van der Waals surface area contributed by atoms with Crippen molar-refractivity contribution in [1.82, 2.24) is 4.98 Å². The van der Waals surface area contributed by atoms with Gasteiger partial charge in [0.2, 0.25) is 0 Å². The molecule has 0 spiro atoms. The van der Waals surface area contributed by atoms with Gasteiger partial charge in [-0.15, -0.1) is 11.3 Å². The molecule has 1 N–H and O–H groups in total. The second kappa shape index (κ2) is 5.08. The van der Waals surface area contributed by atoms with E-state index in [9.17, 15) is 4.79 Å². The summed E-state index contributed by atoms with van der Waals surface area (Å²) in [6, 6.07) is 6.73. The van der Waals surface area contributed by atoms with E-state index in [1.807, 2.05) is 17.5 Å². The number of carbonyl (C=O) groups excluding carboxylic acids is 1. The van der Waals surface area contributed by atoms with Gasteiger partial charge in [-0.25, -0.2) is 4.98 Å². The van der Waals surface area contributed by atoms with Crippen LogP contribution in [0.15, 0.2) is 34.2 Å². The number of nitriles is 1. The monoisotopic (exact) mass is 307 g/mol. The SMILES string of the molecule is N#Cc1cc(C(=O)Nc2cc(Br)cs2)ccn1. The summed E-state index contributed by atoms with van der Waals surface area (Å²) in [5.41, 5.74) is 0.645. The van der Waals surface area contributed by atoms with E-state index >= 15 is 0 Å². The van der Waals surface area contributed by atoms with Crippen molar-refractivity contribution >= 4 is 38.2 Å². The van der Waals surface area contributed by atoms with E-state index in [4.69, 9.17) is 5.26 Å². The Morgan fingerprint density at radius 2 is 2.35 bits per heavy atom. The van der Waals surface area contributed by atoms with Crippen molar-refractivity contribution < 1.29 is 4.79 Å². The number of rotatable bonds is 2. The second-order valence-corrected chi connectivity index (χ2v) is 4.95. The van der Waals surface area contributed by atoms with Crippen LogP contribution in [0.1, 0.15) is 16.1 Å². The van der Waals surface area contributed by atoms with E-state index in [1.165, 1.54) is 23.6 Å². The summed E-state index contributed by atoms with van der Waals surface area (Å²) in [6.07, 6.45) is 1.44. The van der Waals surface area contributed by atoms with E-state index in [2.05, 4.69) is 26.2 Å². The molecule has 0 aliphatic rings. The topological polar surface area (TPSA) is 65.8 Å². The number of anilines is 1. The van der Waals surface area contributed by atoms with E-state index in [0.29, 0.717) is 5.56 Å². The molecule has 2 aromatic rings. The minimum atomic E-state index is -0.252. The van der Waals surface area contributed by atoms with Gasteiger partial charge in [0.05, 0.1) is 5.00 Å². The van der Waals surface area contributed by atoms with Crippen molar-refractivity contribution in [2.24, 2.45) is 0 Å². The standard InChI is InChI=1S/C11H6BrN3OS/c12-8-4-10(17-6-8)15-11(16)7-1-2-14-9(3-7)5-13/h1-4,6H,(H,15,16). The molecule has 4 nitrogen and oxygen atoms in total. The minimum absolute atomic E-state index is 0.227. The maximum Gasteiger partial charge on any atom is 0.256 e. The number of nitrogens with zero attached hydrogens (tertiary/aromatic N) is 2. The number of halogens is 1. The maximum absolute atomic E-state index is 11.8. The number of carbonyl (C=O) groups is 1. The van der Waals surface area contributed by atoms with Crippen LogP contribution in [0.5, 0.6) is 0 Å². The Morgan fingerprint density at radius 1 is 1.53 bits per heavy atom. The molecule has 2 rings (SSSR count). The van der Waals surface area contributed by atoms with Crippen LogP contribution in [0.25, 0.3) is 0 Å². The Hall–Kier alpha value is -1.71. The predicted molar refractivity (Wildman–Crippen MR) is 68.9 cm³/mol. The molecule has 2 heterocycles. The van der Waals surface area contributed by atoms with Gasteiger partial charge in [-0.05, 0) is 34.1 Å². The highest BCUT2D eigenvalue weighted by Crippen LogP contribution is 2.24. The van der Waals surface area contributed by atoms with Gasteiger partial charge in [-0.1, -0.05) is 0 Å². The van der Waals surface area contributed by atoms with Crippen LogP contribution in [0.3, 0.4) is 0 Å². The molecular formula is C11H6BrN3OS. The number of amides is 1. The summed E-state index contributed by atoms with van der Waals surface area (Å²) >= 11 is 4.73. The van der Waals surface area contributed by atoms with Crippen molar-refractivity contribution in [2.75, 3.05) is 5.32 Å². The lowest BCUT2D eigenvalue weighted by Crippen LogP contribution is -2.11. The highest BCUT2D eigenvalue weighted by atomic mass is 79.9. The summed E-state index contributed by atoms with van der Waals surface area (Å²) in [6.45, 7) is 0. The van der Waals surface area contributed by atoms with Crippen LogP contribution in [0, 0.1) is 11.3 Å². The molecule has 1 amide bonds. The largest absolute Gasteiger partial charge is 0.314 e. The Kier molecular flexibility index (Phi) is 3.52. The molecule has 2 aromatic heterocycles. The number of thiophene rings is 1. The third kappa shape index (κ3) is 2.90. The van der Waals surface area contributed by atoms with Crippen molar-refractivity contribution in [3.05, 3.63) is 45.5 Å². The molecule has 0 radical (unpaired) electrons. The fourth-order valence-corrected chi connectivity index (χ4v) is 2.51. The second-order valence-electron chi connectivity index (χ2n) is 3.12. The number of hydrogen-bond donors (Lipinski definition) is 1. The number of aromatic nitrogens is 1. The Morgan fingerprint density at radius 3 is 3.00 bits per heavy atom. The lowest BCUT2D eigenvalue weighted by Gasteiger charge is -2.01. The Bertz CT molecular complexity index is 603. The summed E-state index contributed by atoms with van der Waals surface area (Å²) in [5.74, 6) is -0.252. The van der Waals surface area contributed by atoms with Gasteiger partial charge in [0.25, 0.3) is 5.91 Å². The third-order valence-corrected chi connectivity index (χ3v) is 3.55. The first-order valence-electron chi connectivity index (χ1n) is 4.60. The molecule has 17 heavy (non-hydrogen) atoms. The molecule has 0 unspecified atom stereocenters. The zero-order valence-electron chi connectivity index (χ0n) is 8.48. The minimum Gasteiger partial charge on any atom is -0.314 e. The Labute approximate surface area is 110 Å². The van der Waals surface area contributed by atoms with Gasteiger partial charge in [-0.2, -0.15) is 5.26 Å². The molecule has 0 aliphatic heterocycles. The van der Waals surface area contributed by atoms with Gasteiger partial charge in [0.1, 0.15) is 11.8 Å². The van der Waals surface area contributed by atoms with Gasteiger partial charge >= 0.3 is 0 Å². The van der Waals surface area contributed by atoms with Crippen LogP contribution in [-0.4, -0.2) is 10.9 Å². The zero-order valence-corrected chi connectivity index (χ0v) is 10.9.